The van der Waals surface area contributed by atoms with E-state index < -0.39 is 6.09 Å². The summed E-state index contributed by atoms with van der Waals surface area (Å²) in [5, 5.41) is 11.3. The number of amides is 1. The number of morpholine rings is 1. The standard InChI is InChI=1S/C15H22N4O4/c20-15(21)17-11-1-3-12(4-2-11)23-14-16-6-5-13(18-14)19-7-9-22-10-8-19/h5-6,11-12,17H,1-4,7-10H2,(H,20,21). The van der Waals surface area contributed by atoms with Gasteiger partial charge in [0, 0.05) is 25.3 Å². The van der Waals surface area contributed by atoms with Crippen molar-refractivity contribution in [3.05, 3.63) is 12.3 Å². The second kappa shape index (κ2) is 7.45. The fraction of sp³-hybridized carbons (Fsp3) is 0.667. The van der Waals surface area contributed by atoms with Gasteiger partial charge in [0.15, 0.2) is 0 Å². The second-order valence-electron chi connectivity index (χ2n) is 5.84. The largest absolute Gasteiger partial charge is 0.465 e. The van der Waals surface area contributed by atoms with Crippen LogP contribution in [0.5, 0.6) is 6.01 Å². The molecular formula is C15H22N4O4. The summed E-state index contributed by atoms with van der Waals surface area (Å²) in [6.07, 6.45) is 3.95. The molecule has 8 nitrogen and oxygen atoms in total. The molecular weight excluding hydrogens is 300 g/mol. The molecule has 0 bridgehead atoms. The number of hydrogen-bond donors (Lipinski definition) is 2. The third-order valence-corrected chi connectivity index (χ3v) is 4.23. The topological polar surface area (TPSA) is 96.8 Å². The lowest BCUT2D eigenvalue weighted by Crippen LogP contribution is -2.39. The molecule has 1 aliphatic carbocycles. The number of rotatable bonds is 4. The number of ether oxygens (including phenoxy) is 2. The van der Waals surface area contributed by atoms with E-state index in [9.17, 15) is 4.79 Å². The van der Waals surface area contributed by atoms with E-state index in [-0.39, 0.29) is 12.1 Å². The number of aromatic nitrogens is 2. The van der Waals surface area contributed by atoms with Crippen LogP contribution in [0.15, 0.2) is 12.3 Å². The molecule has 0 unspecified atom stereocenters. The van der Waals surface area contributed by atoms with Gasteiger partial charge in [-0.15, -0.1) is 0 Å². The van der Waals surface area contributed by atoms with Gasteiger partial charge in [-0.05, 0) is 31.7 Å². The summed E-state index contributed by atoms with van der Waals surface area (Å²) in [5.74, 6) is 0.861. The van der Waals surface area contributed by atoms with Gasteiger partial charge in [0.05, 0.1) is 13.2 Å². The predicted octanol–water partition coefficient (Wildman–Crippen LogP) is 1.27. The molecule has 2 heterocycles. The van der Waals surface area contributed by atoms with Crippen molar-refractivity contribution in [3.8, 4) is 6.01 Å². The van der Waals surface area contributed by atoms with Crippen molar-refractivity contribution >= 4 is 11.9 Å². The zero-order valence-corrected chi connectivity index (χ0v) is 13.0. The van der Waals surface area contributed by atoms with Crippen molar-refractivity contribution in [2.24, 2.45) is 0 Å². The average Bonchev–Trinajstić information content (AvgIpc) is 2.57. The monoisotopic (exact) mass is 322 g/mol. The molecule has 1 aromatic rings. The number of hydrogen-bond acceptors (Lipinski definition) is 6. The molecule has 3 rings (SSSR count). The van der Waals surface area contributed by atoms with Crippen LogP contribution in [0.25, 0.3) is 0 Å². The highest BCUT2D eigenvalue weighted by atomic mass is 16.5. The Balaban J connectivity index is 1.53. The van der Waals surface area contributed by atoms with Crippen LogP contribution < -0.4 is 15.0 Å². The van der Waals surface area contributed by atoms with Gasteiger partial charge in [0.25, 0.3) is 0 Å². The minimum atomic E-state index is -0.962. The summed E-state index contributed by atoms with van der Waals surface area (Å²) in [4.78, 5) is 21.5. The number of nitrogens with one attached hydrogen (secondary N) is 1. The first-order valence-electron chi connectivity index (χ1n) is 8.02. The number of carboxylic acid groups (broad SMARTS) is 1. The minimum absolute atomic E-state index is 0.0213. The fourth-order valence-corrected chi connectivity index (χ4v) is 3.01. The zero-order valence-electron chi connectivity index (χ0n) is 13.0. The van der Waals surface area contributed by atoms with Crippen molar-refractivity contribution < 1.29 is 19.4 Å². The maximum absolute atomic E-state index is 10.7. The van der Waals surface area contributed by atoms with Crippen LogP contribution in [-0.2, 0) is 4.74 Å². The molecule has 0 aromatic carbocycles. The Kier molecular flexibility index (Phi) is 5.12. The molecule has 1 saturated heterocycles. The van der Waals surface area contributed by atoms with Crippen LogP contribution in [-0.4, -0.2) is 59.6 Å². The lowest BCUT2D eigenvalue weighted by Gasteiger charge is -2.29. The summed E-state index contributed by atoms with van der Waals surface area (Å²) in [7, 11) is 0. The van der Waals surface area contributed by atoms with Gasteiger partial charge in [-0.3, -0.25) is 0 Å². The molecule has 1 amide bonds. The van der Waals surface area contributed by atoms with Crippen LogP contribution >= 0.6 is 0 Å². The Morgan fingerprint density at radius 3 is 2.74 bits per heavy atom. The molecule has 1 aromatic heterocycles. The van der Waals surface area contributed by atoms with Crippen LogP contribution in [0.4, 0.5) is 10.6 Å². The Morgan fingerprint density at radius 1 is 1.30 bits per heavy atom. The van der Waals surface area contributed by atoms with E-state index in [2.05, 4.69) is 20.2 Å². The van der Waals surface area contributed by atoms with Crippen molar-refractivity contribution in [3.63, 3.8) is 0 Å². The molecule has 2 N–H and O–H groups in total. The molecule has 23 heavy (non-hydrogen) atoms. The molecule has 2 fully saturated rings. The van der Waals surface area contributed by atoms with Crippen LogP contribution in [0.2, 0.25) is 0 Å². The molecule has 126 valence electrons. The summed E-state index contributed by atoms with van der Waals surface area (Å²) in [5.41, 5.74) is 0. The lowest BCUT2D eigenvalue weighted by atomic mass is 9.93. The average molecular weight is 322 g/mol. The maximum atomic E-state index is 10.7. The highest BCUT2D eigenvalue weighted by Gasteiger charge is 2.24. The highest BCUT2D eigenvalue weighted by Crippen LogP contribution is 2.23. The molecule has 0 atom stereocenters. The number of carbonyl (C=O) groups is 1. The van der Waals surface area contributed by atoms with E-state index in [0.717, 1.165) is 44.6 Å². The quantitative estimate of drug-likeness (QED) is 0.861. The van der Waals surface area contributed by atoms with Crippen LogP contribution in [0.3, 0.4) is 0 Å². The van der Waals surface area contributed by atoms with Crippen molar-refractivity contribution in [2.75, 3.05) is 31.2 Å². The van der Waals surface area contributed by atoms with Gasteiger partial charge in [-0.2, -0.15) is 4.98 Å². The number of nitrogens with zero attached hydrogens (tertiary/aromatic N) is 3. The lowest BCUT2D eigenvalue weighted by molar-refractivity contribution is 0.120. The van der Waals surface area contributed by atoms with E-state index >= 15 is 0 Å². The van der Waals surface area contributed by atoms with Gasteiger partial charge >= 0.3 is 12.1 Å². The summed E-state index contributed by atoms with van der Waals surface area (Å²) >= 11 is 0. The maximum Gasteiger partial charge on any atom is 0.404 e. The number of anilines is 1. The Bertz CT molecular complexity index is 528. The van der Waals surface area contributed by atoms with Gasteiger partial charge in [-0.1, -0.05) is 0 Å². The van der Waals surface area contributed by atoms with Crippen molar-refractivity contribution in [1.82, 2.24) is 15.3 Å². The zero-order chi connectivity index (χ0) is 16.1. The fourth-order valence-electron chi connectivity index (χ4n) is 3.01. The molecule has 2 aliphatic rings. The van der Waals surface area contributed by atoms with Gasteiger partial charge in [0.2, 0.25) is 0 Å². The predicted molar refractivity (Wildman–Crippen MR) is 82.9 cm³/mol. The smallest absolute Gasteiger partial charge is 0.404 e. The van der Waals surface area contributed by atoms with Gasteiger partial charge in [0.1, 0.15) is 11.9 Å². The van der Waals surface area contributed by atoms with E-state index in [1.165, 1.54) is 0 Å². The Labute approximate surface area is 134 Å². The van der Waals surface area contributed by atoms with E-state index in [0.29, 0.717) is 19.2 Å². The van der Waals surface area contributed by atoms with Crippen molar-refractivity contribution in [1.29, 1.82) is 0 Å². The van der Waals surface area contributed by atoms with Crippen LogP contribution in [0, 0.1) is 0 Å². The third-order valence-electron chi connectivity index (χ3n) is 4.23. The summed E-state index contributed by atoms with van der Waals surface area (Å²) < 4.78 is 11.2. The summed E-state index contributed by atoms with van der Waals surface area (Å²) in [6.45, 7) is 3.06. The summed E-state index contributed by atoms with van der Waals surface area (Å²) in [6, 6.07) is 2.29. The molecule has 0 spiro atoms. The molecule has 0 radical (unpaired) electrons. The van der Waals surface area contributed by atoms with E-state index in [4.69, 9.17) is 14.6 Å². The Morgan fingerprint density at radius 2 is 2.04 bits per heavy atom. The first kappa shape index (κ1) is 15.8. The first-order chi connectivity index (χ1) is 11.2. The van der Waals surface area contributed by atoms with Crippen LogP contribution in [0.1, 0.15) is 25.7 Å². The van der Waals surface area contributed by atoms with E-state index in [1.54, 1.807) is 6.20 Å². The van der Waals surface area contributed by atoms with E-state index in [1.807, 2.05) is 6.07 Å². The normalized spacial score (nSPS) is 25.0. The molecule has 1 aliphatic heterocycles. The SMILES string of the molecule is O=C(O)NC1CCC(Oc2nccc(N3CCOCC3)n2)CC1. The Hall–Kier alpha value is -2.09. The second-order valence-corrected chi connectivity index (χ2v) is 5.84. The first-order valence-corrected chi connectivity index (χ1v) is 8.02. The molecule has 8 heteroatoms. The van der Waals surface area contributed by atoms with Crippen molar-refractivity contribution in [2.45, 2.75) is 37.8 Å². The van der Waals surface area contributed by atoms with Gasteiger partial charge in [-0.25, -0.2) is 9.78 Å². The molecule has 1 saturated carbocycles. The minimum Gasteiger partial charge on any atom is -0.465 e. The highest BCUT2D eigenvalue weighted by molar-refractivity contribution is 5.64. The van der Waals surface area contributed by atoms with Gasteiger partial charge < -0.3 is 24.8 Å². The third kappa shape index (κ3) is 4.44.